The van der Waals surface area contributed by atoms with Gasteiger partial charge in [-0.25, -0.2) is 0 Å². The number of hydrogen-bond acceptors (Lipinski definition) is 2. The molecule has 1 N–H and O–H groups in total. The summed E-state index contributed by atoms with van der Waals surface area (Å²) in [5.74, 6) is -0.180. The van der Waals surface area contributed by atoms with Gasteiger partial charge in [-0.15, -0.1) is 5.73 Å². The number of anilines is 1. The van der Waals surface area contributed by atoms with Crippen molar-refractivity contribution >= 4 is 11.6 Å². The number of ether oxygens (including phenoxy) is 1. The van der Waals surface area contributed by atoms with Gasteiger partial charge in [-0.2, -0.15) is 0 Å². The molecule has 0 saturated carbocycles. The molecule has 0 atom stereocenters. The van der Waals surface area contributed by atoms with Crippen LogP contribution in [0.5, 0.6) is 0 Å². The zero-order valence-electron chi connectivity index (χ0n) is 10.4. The summed E-state index contributed by atoms with van der Waals surface area (Å²) < 4.78 is 5.03. The van der Waals surface area contributed by atoms with Gasteiger partial charge in [0.2, 0.25) is 0 Å². The minimum Gasteiger partial charge on any atom is -0.380 e. The van der Waals surface area contributed by atoms with Crippen molar-refractivity contribution in [2.75, 3.05) is 12.4 Å². The molecule has 0 bridgehead atoms. The van der Waals surface area contributed by atoms with Gasteiger partial charge in [0.15, 0.2) is 0 Å². The van der Waals surface area contributed by atoms with E-state index in [4.69, 9.17) is 4.74 Å². The van der Waals surface area contributed by atoms with E-state index in [0.717, 1.165) is 16.8 Å². The van der Waals surface area contributed by atoms with Gasteiger partial charge in [0.05, 0.1) is 6.61 Å². The summed E-state index contributed by atoms with van der Waals surface area (Å²) in [4.78, 5) is 11.5. The molecule has 0 aliphatic heterocycles. The smallest absolute Gasteiger partial charge is 0.256 e. The third-order valence-electron chi connectivity index (χ3n) is 2.00. The van der Waals surface area contributed by atoms with Crippen molar-refractivity contribution in [3.63, 3.8) is 0 Å². The number of carbonyl (C=O) groups excluding carboxylic acids is 1. The first-order chi connectivity index (χ1) is 8.11. The summed E-state index contributed by atoms with van der Waals surface area (Å²) in [6.07, 6.45) is 1.40. The molecule has 0 aliphatic rings. The van der Waals surface area contributed by atoms with Gasteiger partial charge in [0.25, 0.3) is 5.91 Å². The van der Waals surface area contributed by atoms with Crippen molar-refractivity contribution in [3.8, 4) is 0 Å². The molecule has 3 heteroatoms. The highest BCUT2D eigenvalue weighted by Crippen LogP contribution is 2.11. The normalized spacial score (nSPS) is 9.35. The van der Waals surface area contributed by atoms with Crippen molar-refractivity contribution in [1.29, 1.82) is 0 Å². The third-order valence-corrected chi connectivity index (χ3v) is 2.00. The van der Waals surface area contributed by atoms with Crippen LogP contribution in [0.2, 0.25) is 0 Å². The lowest BCUT2D eigenvalue weighted by Crippen LogP contribution is -2.07. The lowest BCUT2D eigenvalue weighted by molar-refractivity contribution is -0.111. The summed E-state index contributed by atoms with van der Waals surface area (Å²) in [6, 6.07) is 7.56. The molecule has 1 rings (SSSR count). The summed E-state index contributed by atoms with van der Waals surface area (Å²) in [5, 5.41) is 2.77. The molecule has 0 spiro atoms. The van der Waals surface area contributed by atoms with Crippen molar-refractivity contribution in [2.45, 2.75) is 20.5 Å². The molecule has 0 saturated heterocycles. The van der Waals surface area contributed by atoms with Crippen LogP contribution < -0.4 is 5.32 Å². The molecule has 90 valence electrons. The maximum Gasteiger partial charge on any atom is 0.256 e. The van der Waals surface area contributed by atoms with Gasteiger partial charge >= 0.3 is 0 Å². The highest BCUT2D eigenvalue weighted by molar-refractivity contribution is 5.99. The molecule has 17 heavy (non-hydrogen) atoms. The Morgan fingerprint density at radius 3 is 2.88 bits per heavy atom. The van der Waals surface area contributed by atoms with Gasteiger partial charge in [-0.05, 0) is 37.1 Å². The Morgan fingerprint density at radius 2 is 2.24 bits per heavy atom. The fraction of sp³-hybridized carbons (Fsp3) is 0.286. The SMILES string of the molecule is COCc1cccc(NC(=O)C=C=C(C)C)c1. The van der Waals surface area contributed by atoms with Crippen LogP contribution in [0, 0.1) is 0 Å². The first kappa shape index (κ1) is 13.2. The van der Waals surface area contributed by atoms with Crippen LogP contribution in [-0.2, 0) is 16.1 Å². The lowest BCUT2D eigenvalue weighted by atomic mass is 10.2. The largest absolute Gasteiger partial charge is 0.380 e. The highest BCUT2D eigenvalue weighted by Gasteiger charge is 1.98. The van der Waals surface area contributed by atoms with Gasteiger partial charge in [-0.3, -0.25) is 4.79 Å². The summed E-state index contributed by atoms with van der Waals surface area (Å²) >= 11 is 0. The summed E-state index contributed by atoms with van der Waals surface area (Å²) in [7, 11) is 1.64. The zero-order valence-corrected chi connectivity index (χ0v) is 10.4. The Kier molecular flexibility index (Phi) is 5.21. The zero-order chi connectivity index (χ0) is 12.7. The molecule has 1 amide bonds. The molecule has 0 radical (unpaired) electrons. The van der Waals surface area contributed by atoms with E-state index in [2.05, 4.69) is 11.0 Å². The molecule has 3 nitrogen and oxygen atoms in total. The molecule has 0 aromatic heterocycles. The highest BCUT2D eigenvalue weighted by atomic mass is 16.5. The number of benzene rings is 1. The molecule has 0 heterocycles. The Labute approximate surface area is 102 Å². The third kappa shape index (κ3) is 5.16. The summed E-state index contributed by atoms with van der Waals surface area (Å²) in [6.45, 7) is 4.32. The predicted molar refractivity (Wildman–Crippen MR) is 68.7 cm³/mol. The Hall–Kier alpha value is -1.83. The maximum atomic E-state index is 11.5. The standard InChI is InChI=1S/C14H17NO2/c1-11(2)7-8-14(16)15-13-6-4-5-12(9-13)10-17-3/h4-6,8-9H,10H2,1-3H3,(H,15,16). The fourth-order valence-electron chi connectivity index (χ4n) is 1.29. The van der Waals surface area contributed by atoms with E-state index in [1.807, 2.05) is 38.1 Å². The van der Waals surface area contributed by atoms with Gasteiger partial charge in [-0.1, -0.05) is 12.1 Å². The van der Waals surface area contributed by atoms with Crippen LogP contribution in [-0.4, -0.2) is 13.0 Å². The molecule has 0 fully saturated rings. The van der Waals surface area contributed by atoms with E-state index < -0.39 is 0 Å². The van der Waals surface area contributed by atoms with E-state index in [0.29, 0.717) is 6.61 Å². The number of amides is 1. The monoisotopic (exact) mass is 231 g/mol. The van der Waals surface area contributed by atoms with Crippen molar-refractivity contribution in [3.05, 3.63) is 47.2 Å². The van der Waals surface area contributed by atoms with Gasteiger partial charge in [0.1, 0.15) is 0 Å². The number of hydrogen-bond donors (Lipinski definition) is 1. The minimum atomic E-state index is -0.180. The average Bonchev–Trinajstić information content (AvgIpc) is 2.27. The predicted octanol–water partition coefficient (Wildman–Crippen LogP) is 2.89. The van der Waals surface area contributed by atoms with E-state index in [-0.39, 0.29) is 5.91 Å². The molecule has 0 unspecified atom stereocenters. The van der Waals surface area contributed by atoms with E-state index >= 15 is 0 Å². The number of nitrogens with one attached hydrogen (secondary N) is 1. The number of carbonyl (C=O) groups is 1. The van der Waals surface area contributed by atoms with Crippen LogP contribution in [0.3, 0.4) is 0 Å². The fourth-order valence-corrected chi connectivity index (χ4v) is 1.29. The molecule has 0 aliphatic carbocycles. The Balaban J connectivity index is 2.71. The second kappa shape index (κ2) is 6.69. The topological polar surface area (TPSA) is 38.3 Å². The number of rotatable bonds is 4. The minimum absolute atomic E-state index is 0.180. The second-order valence-corrected chi connectivity index (χ2v) is 3.91. The maximum absolute atomic E-state index is 11.5. The van der Waals surface area contributed by atoms with Crippen molar-refractivity contribution in [1.82, 2.24) is 0 Å². The van der Waals surface area contributed by atoms with Crippen molar-refractivity contribution in [2.24, 2.45) is 0 Å². The number of methoxy groups -OCH3 is 1. The van der Waals surface area contributed by atoms with E-state index in [9.17, 15) is 4.79 Å². The molecule has 1 aromatic carbocycles. The van der Waals surface area contributed by atoms with Crippen molar-refractivity contribution < 1.29 is 9.53 Å². The molecular formula is C14H17NO2. The second-order valence-electron chi connectivity index (χ2n) is 3.91. The van der Waals surface area contributed by atoms with E-state index in [1.54, 1.807) is 7.11 Å². The van der Waals surface area contributed by atoms with Crippen LogP contribution >= 0.6 is 0 Å². The quantitative estimate of drug-likeness (QED) is 0.639. The molecule has 1 aromatic rings. The summed E-state index contributed by atoms with van der Waals surface area (Å²) in [5.41, 5.74) is 5.61. The lowest BCUT2D eigenvalue weighted by Gasteiger charge is -2.04. The first-order valence-electron chi connectivity index (χ1n) is 5.40. The van der Waals surface area contributed by atoms with Crippen LogP contribution in [0.1, 0.15) is 19.4 Å². The van der Waals surface area contributed by atoms with Gasteiger partial charge in [0, 0.05) is 18.9 Å². The molecular weight excluding hydrogens is 214 g/mol. The average molecular weight is 231 g/mol. The van der Waals surface area contributed by atoms with Crippen LogP contribution in [0.15, 0.2) is 41.6 Å². The van der Waals surface area contributed by atoms with Gasteiger partial charge < -0.3 is 10.1 Å². The Morgan fingerprint density at radius 1 is 1.47 bits per heavy atom. The van der Waals surface area contributed by atoms with Crippen LogP contribution in [0.4, 0.5) is 5.69 Å². The van der Waals surface area contributed by atoms with Crippen LogP contribution in [0.25, 0.3) is 0 Å². The van der Waals surface area contributed by atoms with E-state index in [1.165, 1.54) is 6.08 Å². The first-order valence-corrected chi connectivity index (χ1v) is 5.40. The Bertz CT molecular complexity index is 453.